The molecule has 92 valence electrons. The topological polar surface area (TPSA) is 21.3 Å². The van der Waals surface area contributed by atoms with Gasteiger partial charge in [-0.3, -0.25) is 0 Å². The summed E-state index contributed by atoms with van der Waals surface area (Å²) < 4.78 is 5.55. The van der Waals surface area contributed by atoms with Gasteiger partial charge in [0.1, 0.15) is 0 Å². The highest BCUT2D eigenvalue weighted by molar-refractivity contribution is 5.40. The van der Waals surface area contributed by atoms with Crippen LogP contribution in [-0.4, -0.2) is 25.8 Å². The minimum absolute atomic E-state index is 0.244. The number of hydrogen-bond acceptors (Lipinski definition) is 2. The summed E-state index contributed by atoms with van der Waals surface area (Å²) in [5, 5.41) is 3.66. The number of hydrogen-bond donors (Lipinski definition) is 1. The molecule has 1 unspecified atom stereocenters. The number of benzene rings is 1. The lowest BCUT2D eigenvalue weighted by Gasteiger charge is -2.47. The summed E-state index contributed by atoms with van der Waals surface area (Å²) in [5.41, 5.74) is 4.51. The van der Waals surface area contributed by atoms with Gasteiger partial charge < -0.3 is 10.1 Å². The van der Waals surface area contributed by atoms with Crippen molar-refractivity contribution < 1.29 is 4.74 Å². The van der Waals surface area contributed by atoms with Crippen LogP contribution < -0.4 is 5.32 Å². The molecule has 0 bridgehead atoms. The minimum Gasteiger partial charge on any atom is -0.379 e. The Bertz CT molecular complexity index is 417. The first-order valence-electron chi connectivity index (χ1n) is 6.61. The second-order valence-electron chi connectivity index (χ2n) is 5.62. The molecule has 0 spiro atoms. The largest absolute Gasteiger partial charge is 0.379 e. The van der Waals surface area contributed by atoms with Crippen molar-refractivity contribution in [3.05, 3.63) is 34.9 Å². The van der Waals surface area contributed by atoms with E-state index in [1.807, 2.05) is 0 Å². The lowest BCUT2D eigenvalue weighted by molar-refractivity contribution is -0.0763. The van der Waals surface area contributed by atoms with Crippen LogP contribution in [0, 0.1) is 13.8 Å². The third-order valence-corrected chi connectivity index (χ3v) is 4.36. The zero-order chi connectivity index (χ0) is 11.9. The standard InChI is InChI=1S/C15H21NO/c1-11-5-6-13(12(2)8-11)15(9-17-10-15)14-4-3-7-16-14/h5-6,8,14,16H,3-4,7,9-10H2,1-2H3. The third kappa shape index (κ3) is 1.71. The summed E-state index contributed by atoms with van der Waals surface area (Å²) in [7, 11) is 0. The number of aryl methyl sites for hydroxylation is 2. The van der Waals surface area contributed by atoms with Gasteiger partial charge in [-0.15, -0.1) is 0 Å². The van der Waals surface area contributed by atoms with Crippen molar-refractivity contribution in [1.29, 1.82) is 0 Å². The van der Waals surface area contributed by atoms with Crippen molar-refractivity contribution >= 4 is 0 Å². The lowest BCUT2D eigenvalue weighted by Crippen LogP contribution is -2.58. The predicted molar refractivity (Wildman–Crippen MR) is 69.4 cm³/mol. The van der Waals surface area contributed by atoms with E-state index in [1.54, 1.807) is 0 Å². The number of nitrogens with one attached hydrogen (secondary N) is 1. The summed E-state index contributed by atoms with van der Waals surface area (Å²) in [4.78, 5) is 0. The van der Waals surface area contributed by atoms with Gasteiger partial charge in [0.05, 0.1) is 18.6 Å². The molecule has 1 aromatic rings. The molecule has 2 aliphatic heterocycles. The molecule has 17 heavy (non-hydrogen) atoms. The first kappa shape index (κ1) is 11.2. The Labute approximate surface area is 103 Å². The van der Waals surface area contributed by atoms with Crippen LogP contribution in [0.1, 0.15) is 29.5 Å². The van der Waals surface area contributed by atoms with Crippen LogP contribution in [0.25, 0.3) is 0 Å². The monoisotopic (exact) mass is 231 g/mol. The summed E-state index contributed by atoms with van der Waals surface area (Å²) in [6, 6.07) is 7.45. The van der Waals surface area contributed by atoms with Gasteiger partial charge in [-0.1, -0.05) is 23.8 Å². The van der Waals surface area contributed by atoms with Gasteiger partial charge in [-0.2, -0.15) is 0 Å². The van der Waals surface area contributed by atoms with Crippen LogP contribution in [0.15, 0.2) is 18.2 Å². The van der Waals surface area contributed by atoms with E-state index < -0.39 is 0 Å². The molecular formula is C15H21NO. The maximum atomic E-state index is 5.55. The van der Waals surface area contributed by atoms with Crippen LogP contribution in [-0.2, 0) is 10.2 Å². The van der Waals surface area contributed by atoms with Crippen LogP contribution in [0.4, 0.5) is 0 Å². The van der Waals surface area contributed by atoms with E-state index in [4.69, 9.17) is 4.74 Å². The minimum atomic E-state index is 0.244. The van der Waals surface area contributed by atoms with Crippen LogP contribution in [0.3, 0.4) is 0 Å². The average Bonchev–Trinajstić information content (AvgIpc) is 2.73. The van der Waals surface area contributed by atoms with E-state index in [-0.39, 0.29) is 5.41 Å². The van der Waals surface area contributed by atoms with Crippen molar-refractivity contribution in [3.8, 4) is 0 Å². The Hall–Kier alpha value is -0.860. The van der Waals surface area contributed by atoms with Crippen molar-refractivity contribution in [1.82, 2.24) is 5.32 Å². The Balaban J connectivity index is 1.98. The van der Waals surface area contributed by atoms with E-state index in [1.165, 1.54) is 29.5 Å². The molecule has 1 aromatic carbocycles. The molecule has 2 aliphatic rings. The Morgan fingerprint density at radius 2 is 2.12 bits per heavy atom. The molecule has 0 radical (unpaired) electrons. The quantitative estimate of drug-likeness (QED) is 0.843. The Kier molecular flexibility index (Phi) is 2.72. The second-order valence-corrected chi connectivity index (χ2v) is 5.62. The van der Waals surface area contributed by atoms with Crippen LogP contribution >= 0.6 is 0 Å². The van der Waals surface area contributed by atoms with Crippen molar-refractivity contribution in [2.75, 3.05) is 19.8 Å². The van der Waals surface area contributed by atoms with Crippen LogP contribution in [0.2, 0.25) is 0 Å². The van der Waals surface area contributed by atoms with E-state index in [2.05, 4.69) is 37.4 Å². The molecule has 3 rings (SSSR count). The van der Waals surface area contributed by atoms with E-state index in [0.717, 1.165) is 19.8 Å². The summed E-state index contributed by atoms with van der Waals surface area (Å²) in [6.07, 6.45) is 2.59. The fraction of sp³-hybridized carbons (Fsp3) is 0.600. The average molecular weight is 231 g/mol. The van der Waals surface area contributed by atoms with E-state index in [0.29, 0.717) is 6.04 Å². The second kappa shape index (κ2) is 4.11. The van der Waals surface area contributed by atoms with Crippen molar-refractivity contribution in [2.45, 2.75) is 38.1 Å². The van der Waals surface area contributed by atoms with Gasteiger partial charge in [0.2, 0.25) is 0 Å². The zero-order valence-corrected chi connectivity index (χ0v) is 10.8. The molecule has 2 saturated heterocycles. The fourth-order valence-electron chi connectivity index (χ4n) is 3.39. The highest BCUT2D eigenvalue weighted by atomic mass is 16.5. The zero-order valence-electron chi connectivity index (χ0n) is 10.8. The number of ether oxygens (including phenoxy) is 1. The highest BCUT2D eigenvalue weighted by Crippen LogP contribution is 2.40. The van der Waals surface area contributed by atoms with E-state index >= 15 is 0 Å². The Morgan fingerprint density at radius 1 is 1.29 bits per heavy atom. The molecule has 2 heteroatoms. The van der Waals surface area contributed by atoms with Gasteiger partial charge in [0, 0.05) is 6.04 Å². The van der Waals surface area contributed by atoms with Crippen LogP contribution in [0.5, 0.6) is 0 Å². The van der Waals surface area contributed by atoms with E-state index in [9.17, 15) is 0 Å². The van der Waals surface area contributed by atoms with Gasteiger partial charge in [0.15, 0.2) is 0 Å². The molecule has 0 amide bonds. The highest BCUT2D eigenvalue weighted by Gasteiger charge is 2.48. The molecule has 0 saturated carbocycles. The first-order chi connectivity index (χ1) is 8.22. The molecule has 0 aromatic heterocycles. The summed E-state index contributed by atoms with van der Waals surface area (Å²) in [6.45, 7) is 7.33. The normalized spacial score (nSPS) is 26.8. The van der Waals surface area contributed by atoms with Gasteiger partial charge in [-0.25, -0.2) is 0 Å². The van der Waals surface area contributed by atoms with Crippen molar-refractivity contribution in [2.24, 2.45) is 0 Å². The molecule has 0 aliphatic carbocycles. The third-order valence-electron chi connectivity index (χ3n) is 4.36. The summed E-state index contributed by atoms with van der Waals surface area (Å²) >= 11 is 0. The van der Waals surface area contributed by atoms with Gasteiger partial charge >= 0.3 is 0 Å². The molecule has 2 heterocycles. The number of rotatable bonds is 2. The maximum Gasteiger partial charge on any atom is 0.0600 e. The smallest absolute Gasteiger partial charge is 0.0600 e. The summed E-state index contributed by atoms with van der Waals surface area (Å²) in [5.74, 6) is 0. The van der Waals surface area contributed by atoms with Gasteiger partial charge in [0.25, 0.3) is 0 Å². The Morgan fingerprint density at radius 3 is 2.65 bits per heavy atom. The lowest BCUT2D eigenvalue weighted by atomic mass is 9.70. The molecule has 2 fully saturated rings. The van der Waals surface area contributed by atoms with Crippen molar-refractivity contribution in [3.63, 3.8) is 0 Å². The molecular weight excluding hydrogens is 210 g/mol. The molecule has 1 N–H and O–H groups in total. The maximum absolute atomic E-state index is 5.55. The molecule has 2 nitrogen and oxygen atoms in total. The predicted octanol–water partition coefficient (Wildman–Crippen LogP) is 2.32. The SMILES string of the molecule is Cc1ccc(C2(C3CCCN3)COC2)c(C)c1. The fourth-order valence-corrected chi connectivity index (χ4v) is 3.39. The first-order valence-corrected chi connectivity index (χ1v) is 6.61. The van der Waals surface area contributed by atoms with Gasteiger partial charge in [-0.05, 0) is 44.4 Å². The molecule has 1 atom stereocenters.